The molecule has 2 aromatic rings. The third-order valence-corrected chi connectivity index (χ3v) is 3.56. The van der Waals surface area contributed by atoms with E-state index in [1.807, 2.05) is 10.7 Å². The fraction of sp³-hybridized carbons (Fsp3) is 0.429. The summed E-state index contributed by atoms with van der Waals surface area (Å²) in [6.07, 6.45) is 1.51. The van der Waals surface area contributed by atoms with E-state index in [2.05, 4.69) is 29.2 Å². The molecule has 0 radical (unpaired) electrons. The molecule has 0 amide bonds. The Labute approximate surface area is 127 Å². The summed E-state index contributed by atoms with van der Waals surface area (Å²) in [5, 5.41) is 7.34. The second-order valence-corrected chi connectivity index (χ2v) is 6.01. The summed E-state index contributed by atoms with van der Waals surface area (Å²) in [6, 6.07) is 7.03. The average molecular weight is 312 g/mol. The zero-order valence-corrected chi connectivity index (χ0v) is 12.8. The lowest BCUT2D eigenvalue weighted by atomic mass is 10.2. The lowest BCUT2D eigenvalue weighted by Crippen LogP contribution is -2.13. The zero-order valence-electron chi connectivity index (χ0n) is 12.0. The first-order valence-corrected chi connectivity index (χ1v) is 7.58. The third-order valence-electron chi connectivity index (χ3n) is 2.77. The Morgan fingerprint density at radius 2 is 2.05 bits per heavy atom. The molecule has 0 aliphatic carbocycles. The van der Waals surface area contributed by atoms with Gasteiger partial charge in [0.05, 0.1) is 6.54 Å². The predicted octanol–water partition coefficient (Wildman–Crippen LogP) is 3.86. The quantitative estimate of drug-likeness (QED) is 0.788. The van der Waals surface area contributed by atoms with Crippen LogP contribution in [-0.2, 0) is 13.1 Å². The Bertz CT molecular complexity index is 572. The maximum Gasteiger partial charge on any atom is 0.288 e. The molecule has 4 nitrogen and oxygen atoms in total. The van der Waals surface area contributed by atoms with Crippen LogP contribution in [0.4, 0.5) is 14.5 Å². The summed E-state index contributed by atoms with van der Waals surface area (Å²) < 4.78 is 26.9. The Hall–Kier alpha value is -1.63. The lowest BCUT2D eigenvalue weighted by molar-refractivity contribution is 0.252. The van der Waals surface area contributed by atoms with E-state index in [1.54, 1.807) is 18.2 Å². The fourth-order valence-corrected chi connectivity index (χ4v) is 2.53. The monoisotopic (exact) mass is 312 g/mol. The zero-order chi connectivity index (χ0) is 15.2. The molecule has 0 aliphatic heterocycles. The van der Waals surface area contributed by atoms with Gasteiger partial charge in [-0.2, -0.15) is 13.9 Å². The number of anilines is 1. The number of nitrogens with one attached hydrogen (secondary N) is 1. The molecule has 0 bridgehead atoms. The van der Waals surface area contributed by atoms with Gasteiger partial charge in [-0.15, -0.1) is 0 Å². The molecule has 0 unspecified atom stereocenters. The molecular weight excluding hydrogens is 294 g/mol. The largest absolute Gasteiger partial charge is 0.377 e. The van der Waals surface area contributed by atoms with Crippen molar-refractivity contribution in [2.24, 2.45) is 5.92 Å². The predicted molar refractivity (Wildman–Crippen MR) is 80.5 cm³/mol. The smallest absolute Gasteiger partial charge is 0.288 e. The third kappa shape index (κ3) is 4.70. The Kier molecular flexibility index (Phi) is 5.55. The van der Waals surface area contributed by atoms with Crippen molar-refractivity contribution in [2.45, 2.75) is 37.6 Å². The van der Waals surface area contributed by atoms with E-state index in [1.165, 1.54) is 6.33 Å². The highest BCUT2D eigenvalue weighted by molar-refractivity contribution is 7.99. The number of hydrogen-bond acceptors (Lipinski definition) is 4. The van der Waals surface area contributed by atoms with Gasteiger partial charge in [0.15, 0.2) is 0 Å². The van der Waals surface area contributed by atoms with E-state index in [4.69, 9.17) is 0 Å². The van der Waals surface area contributed by atoms with Crippen LogP contribution >= 0.6 is 11.8 Å². The summed E-state index contributed by atoms with van der Waals surface area (Å²) in [7, 11) is 0. The van der Waals surface area contributed by atoms with E-state index in [0.29, 0.717) is 34.8 Å². The minimum absolute atomic E-state index is 0.452. The standard InChI is InChI=1S/C14H18F2N4S/c1-10(2)8-20-13(18-9-19-20)7-17-11-5-3-4-6-12(11)21-14(15)16/h3-6,9-10,14,17H,7-8H2,1-2H3. The molecule has 0 atom stereocenters. The van der Waals surface area contributed by atoms with Crippen molar-refractivity contribution in [1.82, 2.24) is 14.8 Å². The number of nitrogens with zero attached hydrogens (tertiary/aromatic N) is 3. The SMILES string of the molecule is CC(C)Cn1ncnc1CNc1ccccc1SC(F)F. The van der Waals surface area contributed by atoms with Gasteiger partial charge in [-0.05, 0) is 18.1 Å². The van der Waals surface area contributed by atoms with Crippen molar-refractivity contribution in [1.29, 1.82) is 0 Å². The number of halogens is 2. The maximum atomic E-state index is 12.5. The van der Waals surface area contributed by atoms with Gasteiger partial charge in [0.2, 0.25) is 0 Å². The number of benzene rings is 1. The van der Waals surface area contributed by atoms with Crippen LogP contribution in [0.1, 0.15) is 19.7 Å². The molecule has 0 aliphatic rings. The first kappa shape index (κ1) is 15.8. The number of thioether (sulfide) groups is 1. The number of rotatable bonds is 7. The van der Waals surface area contributed by atoms with Crippen molar-refractivity contribution in [3.05, 3.63) is 36.4 Å². The summed E-state index contributed by atoms with van der Waals surface area (Å²) >= 11 is 0.538. The van der Waals surface area contributed by atoms with Crippen LogP contribution in [0.3, 0.4) is 0 Å². The molecule has 1 aromatic carbocycles. The Morgan fingerprint density at radius 3 is 2.76 bits per heavy atom. The van der Waals surface area contributed by atoms with E-state index < -0.39 is 5.76 Å². The number of hydrogen-bond donors (Lipinski definition) is 1. The molecule has 1 N–H and O–H groups in total. The van der Waals surface area contributed by atoms with Gasteiger partial charge in [0.1, 0.15) is 12.2 Å². The molecule has 1 heterocycles. The minimum atomic E-state index is -2.43. The van der Waals surface area contributed by atoms with Crippen LogP contribution in [0.15, 0.2) is 35.5 Å². The first-order chi connectivity index (χ1) is 10.1. The van der Waals surface area contributed by atoms with Crippen LogP contribution in [0.5, 0.6) is 0 Å². The van der Waals surface area contributed by atoms with Gasteiger partial charge in [0, 0.05) is 17.1 Å². The molecule has 7 heteroatoms. The van der Waals surface area contributed by atoms with E-state index in [-0.39, 0.29) is 0 Å². The second-order valence-electron chi connectivity index (χ2n) is 4.98. The molecule has 0 saturated carbocycles. The van der Waals surface area contributed by atoms with Crippen LogP contribution in [-0.4, -0.2) is 20.5 Å². The summed E-state index contributed by atoms with van der Waals surface area (Å²) in [4.78, 5) is 4.74. The minimum Gasteiger partial charge on any atom is -0.377 e. The lowest BCUT2D eigenvalue weighted by Gasteiger charge is -2.12. The highest BCUT2D eigenvalue weighted by Crippen LogP contribution is 2.31. The topological polar surface area (TPSA) is 42.7 Å². The molecule has 1 aromatic heterocycles. The fourth-order valence-electron chi connectivity index (χ4n) is 1.91. The molecule has 0 spiro atoms. The summed E-state index contributed by atoms with van der Waals surface area (Å²) in [5.41, 5.74) is 0.682. The highest BCUT2D eigenvalue weighted by atomic mass is 32.2. The van der Waals surface area contributed by atoms with Gasteiger partial charge >= 0.3 is 0 Å². The van der Waals surface area contributed by atoms with Crippen molar-refractivity contribution in [3.63, 3.8) is 0 Å². The molecule has 0 saturated heterocycles. The number of aromatic nitrogens is 3. The molecule has 2 rings (SSSR count). The van der Waals surface area contributed by atoms with Gasteiger partial charge in [0.25, 0.3) is 5.76 Å². The molecule has 21 heavy (non-hydrogen) atoms. The Morgan fingerprint density at radius 1 is 1.29 bits per heavy atom. The van der Waals surface area contributed by atoms with Crippen LogP contribution in [0.25, 0.3) is 0 Å². The second kappa shape index (κ2) is 7.40. The van der Waals surface area contributed by atoms with Crippen molar-refractivity contribution in [2.75, 3.05) is 5.32 Å². The van der Waals surface area contributed by atoms with Gasteiger partial charge < -0.3 is 5.32 Å². The molecule has 0 fully saturated rings. The highest BCUT2D eigenvalue weighted by Gasteiger charge is 2.11. The maximum absolute atomic E-state index is 12.5. The van der Waals surface area contributed by atoms with Crippen LogP contribution in [0.2, 0.25) is 0 Å². The summed E-state index contributed by atoms with van der Waals surface area (Å²) in [5.74, 6) is -1.18. The van der Waals surface area contributed by atoms with Gasteiger partial charge in [-0.1, -0.05) is 37.7 Å². The average Bonchev–Trinajstić information content (AvgIpc) is 2.83. The van der Waals surface area contributed by atoms with E-state index in [9.17, 15) is 8.78 Å². The molecular formula is C14H18F2N4S. The van der Waals surface area contributed by atoms with Crippen molar-refractivity contribution in [3.8, 4) is 0 Å². The van der Waals surface area contributed by atoms with Crippen LogP contribution < -0.4 is 5.32 Å². The summed E-state index contributed by atoms with van der Waals surface area (Å²) in [6.45, 7) is 5.44. The van der Waals surface area contributed by atoms with E-state index in [0.717, 1.165) is 12.4 Å². The van der Waals surface area contributed by atoms with Gasteiger partial charge in [-0.25, -0.2) is 9.67 Å². The molecule has 114 valence electrons. The van der Waals surface area contributed by atoms with Crippen molar-refractivity contribution < 1.29 is 8.78 Å². The van der Waals surface area contributed by atoms with Crippen LogP contribution in [0, 0.1) is 5.92 Å². The normalized spacial score (nSPS) is 11.3. The first-order valence-electron chi connectivity index (χ1n) is 6.70. The number of para-hydroxylation sites is 1. The van der Waals surface area contributed by atoms with Gasteiger partial charge in [-0.3, -0.25) is 0 Å². The van der Waals surface area contributed by atoms with E-state index >= 15 is 0 Å². The Balaban J connectivity index is 2.05. The van der Waals surface area contributed by atoms with Crippen molar-refractivity contribution >= 4 is 17.4 Å². The number of alkyl halides is 2.